The molecule has 268 valence electrons. The van der Waals surface area contributed by atoms with E-state index < -0.39 is 5.41 Å². The van der Waals surface area contributed by atoms with Gasteiger partial charge in [0.1, 0.15) is 0 Å². The quantitative estimate of drug-likeness (QED) is 0.152. The topological polar surface area (TPSA) is 3.24 Å². The second kappa shape index (κ2) is 11.8. The minimum absolute atomic E-state index is 0.648. The van der Waals surface area contributed by atoms with Gasteiger partial charge in [0.25, 0.3) is 0 Å². The monoisotopic (exact) mass is 733 g/mol. The van der Waals surface area contributed by atoms with Crippen LogP contribution in [0.1, 0.15) is 22.3 Å². The number of benzene rings is 10. The molecule has 3 aliphatic rings. The summed E-state index contributed by atoms with van der Waals surface area (Å²) in [5, 5.41) is 5.17. The zero-order chi connectivity index (χ0) is 38.0. The van der Waals surface area contributed by atoms with Crippen molar-refractivity contribution in [2.75, 3.05) is 4.90 Å². The molecule has 1 spiro atoms. The first kappa shape index (κ1) is 31.7. The second-order valence-corrected chi connectivity index (χ2v) is 15.9. The molecule has 0 amide bonds. The summed E-state index contributed by atoms with van der Waals surface area (Å²) in [7, 11) is 0. The van der Waals surface area contributed by atoms with Crippen LogP contribution in [0.15, 0.2) is 212 Å². The average Bonchev–Trinajstić information content (AvgIpc) is 3.48. The zero-order valence-electron chi connectivity index (χ0n) is 31.7. The van der Waals surface area contributed by atoms with E-state index in [1.165, 1.54) is 111 Å². The van der Waals surface area contributed by atoms with Crippen LogP contribution in [0.4, 0.5) is 17.1 Å². The lowest BCUT2D eigenvalue weighted by Gasteiger charge is -2.37. The molecule has 0 aromatic heterocycles. The van der Waals surface area contributed by atoms with Crippen LogP contribution in [0.3, 0.4) is 0 Å². The van der Waals surface area contributed by atoms with Crippen LogP contribution in [-0.2, 0) is 5.41 Å². The molecule has 2 aliphatic carbocycles. The first-order valence-corrected chi connectivity index (χ1v) is 20.3. The van der Waals surface area contributed by atoms with Crippen LogP contribution in [0.25, 0.3) is 77.2 Å². The minimum atomic E-state index is -0.648. The van der Waals surface area contributed by atoms with E-state index in [9.17, 15) is 0 Å². The Kier molecular flexibility index (Phi) is 6.43. The van der Waals surface area contributed by atoms with Gasteiger partial charge >= 0.3 is 0 Å². The number of hydrogen-bond donors (Lipinski definition) is 0. The van der Waals surface area contributed by atoms with Gasteiger partial charge in [-0.1, -0.05) is 188 Å². The van der Waals surface area contributed by atoms with Crippen molar-refractivity contribution in [1.82, 2.24) is 0 Å². The second-order valence-electron chi connectivity index (χ2n) is 15.9. The maximum absolute atomic E-state index is 2.55. The smallest absolute Gasteiger partial charge is 0.0732 e. The van der Waals surface area contributed by atoms with Gasteiger partial charge < -0.3 is 4.90 Å². The lowest BCUT2D eigenvalue weighted by atomic mass is 9.64. The van der Waals surface area contributed by atoms with E-state index in [1.807, 2.05) is 0 Å². The van der Waals surface area contributed by atoms with Crippen molar-refractivity contribution in [3.05, 3.63) is 235 Å². The first-order valence-electron chi connectivity index (χ1n) is 20.3. The average molecular weight is 734 g/mol. The summed E-state index contributed by atoms with van der Waals surface area (Å²) in [4.78, 5) is 2.52. The van der Waals surface area contributed by atoms with Crippen LogP contribution in [0.2, 0.25) is 0 Å². The highest BCUT2D eigenvalue weighted by molar-refractivity contribution is 6.20. The normalized spacial score (nSPS) is 15.3. The maximum atomic E-state index is 2.55. The Bertz CT molecular complexity index is 3300. The highest BCUT2D eigenvalue weighted by Gasteiger charge is 2.51. The Hall–Kier alpha value is -7.48. The summed E-state index contributed by atoms with van der Waals surface area (Å²) in [6.07, 6.45) is 0. The van der Waals surface area contributed by atoms with E-state index in [1.54, 1.807) is 0 Å². The Morgan fingerprint density at radius 3 is 1.28 bits per heavy atom. The highest BCUT2D eigenvalue weighted by Crippen LogP contribution is 2.65. The summed E-state index contributed by atoms with van der Waals surface area (Å²) in [5.74, 6) is 0. The van der Waals surface area contributed by atoms with Gasteiger partial charge in [0, 0.05) is 16.8 Å². The molecule has 10 aromatic rings. The number of rotatable bonds is 1. The van der Waals surface area contributed by atoms with E-state index in [-0.39, 0.29) is 0 Å². The standard InChI is InChI=1S/C57H35N/c1-2-18-38-37(17-1)43-23-9-13-29-50(43)57(51-30-14-10-28-49(51)55-47-26-7-5-21-41(47)42-22-6-8-27-48(42)56(55)57)52-35-36(33-34-44(38)52)58-53-31-15-11-24-45(53)39-19-3-4-20-40(39)46-25-12-16-32-54(46)58/h1-35H. The van der Waals surface area contributed by atoms with Gasteiger partial charge in [-0.2, -0.15) is 0 Å². The van der Waals surface area contributed by atoms with E-state index in [2.05, 4.69) is 217 Å². The number of nitrogens with zero attached hydrogens (tertiary/aromatic N) is 1. The van der Waals surface area contributed by atoms with Crippen LogP contribution in [0.5, 0.6) is 0 Å². The van der Waals surface area contributed by atoms with Gasteiger partial charge in [-0.3, -0.25) is 0 Å². The molecule has 0 fully saturated rings. The lowest BCUT2D eigenvalue weighted by Crippen LogP contribution is -2.30. The Morgan fingerprint density at radius 2 is 0.672 bits per heavy atom. The first-order chi connectivity index (χ1) is 28.8. The number of para-hydroxylation sites is 2. The molecule has 0 bridgehead atoms. The molecule has 1 aliphatic heterocycles. The van der Waals surface area contributed by atoms with Crippen molar-refractivity contribution in [3.8, 4) is 55.6 Å². The molecule has 0 saturated heterocycles. The molecule has 0 radical (unpaired) electrons. The molecule has 58 heavy (non-hydrogen) atoms. The molecule has 0 saturated carbocycles. The zero-order valence-corrected chi connectivity index (χ0v) is 31.7. The van der Waals surface area contributed by atoms with E-state index >= 15 is 0 Å². The number of fused-ring (bicyclic) bond motifs is 22. The number of anilines is 3. The van der Waals surface area contributed by atoms with Crippen LogP contribution in [-0.4, -0.2) is 0 Å². The van der Waals surface area contributed by atoms with Crippen molar-refractivity contribution >= 4 is 38.6 Å². The Balaban J connectivity index is 1.23. The van der Waals surface area contributed by atoms with Crippen molar-refractivity contribution in [3.63, 3.8) is 0 Å². The predicted octanol–water partition coefficient (Wildman–Crippen LogP) is 15.1. The Labute approximate surface area is 337 Å². The van der Waals surface area contributed by atoms with Gasteiger partial charge in [-0.15, -0.1) is 0 Å². The van der Waals surface area contributed by atoms with Gasteiger partial charge in [0.15, 0.2) is 0 Å². The predicted molar refractivity (Wildman–Crippen MR) is 242 cm³/mol. The third-order valence-corrected chi connectivity index (χ3v) is 13.2. The molecule has 1 atom stereocenters. The summed E-state index contributed by atoms with van der Waals surface area (Å²) >= 11 is 0. The summed E-state index contributed by atoms with van der Waals surface area (Å²) in [5.41, 5.74) is 20.8. The fraction of sp³-hybridized carbons (Fsp3) is 0.0175. The molecular formula is C57H35N. The molecule has 1 heterocycles. The molecule has 1 unspecified atom stereocenters. The van der Waals surface area contributed by atoms with Gasteiger partial charge in [-0.25, -0.2) is 0 Å². The van der Waals surface area contributed by atoms with E-state index in [4.69, 9.17) is 0 Å². The summed E-state index contributed by atoms with van der Waals surface area (Å²) in [6, 6.07) is 79.8. The van der Waals surface area contributed by atoms with E-state index in [0.29, 0.717) is 0 Å². The van der Waals surface area contributed by atoms with Gasteiger partial charge in [0.05, 0.1) is 16.8 Å². The maximum Gasteiger partial charge on any atom is 0.0732 e. The van der Waals surface area contributed by atoms with Crippen LogP contribution < -0.4 is 4.90 Å². The van der Waals surface area contributed by atoms with Crippen LogP contribution >= 0.6 is 0 Å². The Morgan fingerprint density at radius 1 is 0.276 bits per heavy atom. The number of hydrogen-bond acceptors (Lipinski definition) is 1. The highest BCUT2D eigenvalue weighted by atomic mass is 15.1. The largest absolute Gasteiger partial charge is 0.309 e. The molecule has 0 N–H and O–H groups in total. The van der Waals surface area contributed by atoms with Crippen molar-refractivity contribution in [1.29, 1.82) is 0 Å². The fourth-order valence-electron chi connectivity index (χ4n) is 11.0. The van der Waals surface area contributed by atoms with Gasteiger partial charge in [0.2, 0.25) is 0 Å². The lowest BCUT2D eigenvalue weighted by molar-refractivity contribution is 0.783. The molecule has 13 rings (SSSR count). The molecule has 10 aromatic carbocycles. The molecular weight excluding hydrogens is 699 g/mol. The van der Waals surface area contributed by atoms with Crippen LogP contribution in [0, 0.1) is 0 Å². The fourth-order valence-corrected chi connectivity index (χ4v) is 11.0. The van der Waals surface area contributed by atoms with Crippen molar-refractivity contribution in [2.45, 2.75) is 5.41 Å². The third kappa shape index (κ3) is 4.00. The molecule has 1 nitrogen and oxygen atoms in total. The van der Waals surface area contributed by atoms with Gasteiger partial charge in [-0.05, 0) is 113 Å². The molecule has 1 heteroatoms. The van der Waals surface area contributed by atoms with E-state index in [0.717, 1.165) is 5.69 Å². The third-order valence-electron chi connectivity index (χ3n) is 13.2. The minimum Gasteiger partial charge on any atom is -0.309 e. The summed E-state index contributed by atoms with van der Waals surface area (Å²) in [6.45, 7) is 0. The van der Waals surface area contributed by atoms with Crippen molar-refractivity contribution < 1.29 is 0 Å². The van der Waals surface area contributed by atoms with Crippen molar-refractivity contribution in [2.24, 2.45) is 0 Å². The summed E-state index contributed by atoms with van der Waals surface area (Å²) < 4.78 is 0. The SMILES string of the molecule is c1ccc2c(c1)-c1ccccc1N(c1ccc3c(c1)C1(c4ccccc4-c4ccccc4-3)c3ccccc3-c3c1c1ccccc1c1ccccc31)c1ccccc1-2.